The predicted octanol–water partition coefficient (Wildman–Crippen LogP) is 1.98. The number of ketones is 1. The smallest absolute Gasteiger partial charge is 0.339 e. The second-order valence-electron chi connectivity index (χ2n) is 14.4. The highest BCUT2D eigenvalue weighted by Crippen LogP contribution is 2.26. The zero-order chi connectivity index (χ0) is 44.8. The summed E-state index contributed by atoms with van der Waals surface area (Å²) in [5, 5.41) is 49.6. The number of nitro groups is 1. The quantitative estimate of drug-likeness (QED) is 0.0459. The number of phenolic OH excluding ortho intramolecular Hbond substituents is 1. The number of amides is 4. The van der Waals surface area contributed by atoms with Crippen LogP contribution in [0.15, 0.2) is 60.7 Å². The molecule has 19 nitrogen and oxygen atoms in total. The molecule has 0 radical (unpaired) electrons. The van der Waals surface area contributed by atoms with Gasteiger partial charge in [-0.15, -0.1) is 0 Å². The number of aliphatic carboxylic acids is 2. The molecule has 7 N–H and O–H groups in total. The maximum atomic E-state index is 14.0. The van der Waals surface area contributed by atoms with Gasteiger partial charge in [0.15, 0.2) is 18.1 Å². The number of Topliss-reactive ketones (excluding diaryl/α,β-unsaturated/α-hetero) is 1. The molecular formula is C41H47N5O14. The summed E-state index contributed by atoms with van der Waals surface area (Å²) in [6.45, 7) is 7.36. The first kappa shape index (κ1) is 47.2. The molecule has 0 fully saturated rings. The minimum atomic E-state index is -1.76. The Bertz CT molecular complexity index is 2120. The molecule has 320 valence electrons. The molecule has 19 heteroatoms. The van der Waals surface area contributed by atoms with Gasteiger partial charge in [-0.1, -0.05) is 67.9 Å². The monoisotopic (exact) mass is 833 g/mol. The van der Waals surface area contributed by atoms with E-state index >= 15 is 0 Å². The lowest BCUT2D eigenvalue weighted by Crippen LogP contribution is -2.59. The number of benzene rings is 3. The molecule has 0 saturated carbocycles. The van der Waals surface area contributed by atoms with Crippen molar-refractivity contribution in [2.45, 2.75) is 84.5 Å². The van der Waals surface area contributed by atoms with Crippen LogP contribution < -0.4 is 21.3 Å². The highest BCUT2D eigenvalue weighted by molar-refractivity contribution is 5.99. The van der Waals surface area contributed by atoms with Gasteiger partial charge in [0.2, 0.25) is 23.6 Å². The molecule has 0 saturated heterocycles. The van der Waals surface area contributed by atoms with Crippen molar-refractivity contribution in [3.63, 3.8) is 0 Å². The van der Waals surface area contributed by atoms with Crippen molar-refractivity contribution in [3.8, 4) is 5.75 Å². The van der Waals surface area contributed by atoms with Gasteiger partial charge in [0, 0.05) is 12.5 Å². The van der Waals surface area contributed by atoms with Crippen molar-refractivity contribution < 1.29 is 63.3 Å². The number of phenols is 1. The number of rotatable bonds is 21. The molecule has 3 aromatic carbocycles. The van der Waals surface area contributed by atoms with Crippen LogP contribution in [0.5, 0.6) is 5.75 Å². The maximum Gasteiger partial charge on any atom is 0.339 e. The average molecular weight is 834 g/mol. The number of nitro benzene ring substituents is 1. The van der Waals surface area contributed by atoms with E-state index in [-0.39, 0.29) is 17.5 Å². The number of carbonyl (C=O) groups excluding carboxylic acids is 6. The molecule has 4 atom stereocenters. The van der Waals surface area contributed by atoms with E-state index < -0.39 is 120 Å². The highest BCUT2D eigenvalue weighted by Gasteiger charge is 2.34. The Hall–Kier alpha value is -7.18. The van der Waals surface area contributed by atoms with Gasteiger partial charge < -0.3 is 41.3 Å². The third-order valence-corrected chi connectivity index (χ3v) is 9.19. The third kappa shape index (κ3) is 14.0. The van der Waals surface area contributed by atoms with Crippen LogP contribution in [0.4, 0.5) is 5.69 Å². The van der Waals surface area contributed by atoms with Crippen LogP contribution in [0.2, 0.25) is 0 Å². The number of aryl methyl sites for hydroxylation is 3. The molecule has 0 heterocycles. The van der Waals surface area contributed by atoms with Crippen molar-refractivity contribution in [1.82, 2.24) is 21.3 Å². The molecule has 0 aliphatic rings. The molecule has 0 aliphatic heterocycles. The highest BCUT2D eigenvalue weighted by atomic mass is 16.6. The molecule has 0 spiro atoms. The maximum absolute atomic E-state index is 14.0. The molecule has 3 rings (SSSR count). The Labute approximate surface area is 344 Å². The lowest BCUT2D eigenvalue weighted by molar-refractivity contribution is -0.385. The largest absolute Gasteiger partial charge is 0.502 e. The van der Waals surface area contributed by atoms with E-state index in [1.807, 2.05) is 6.92 Å². The number of carbonyl (C=O) groups is 8. The minimum Gasteiger partial charge on any atom is -0.502 e. The first-order chi connectivity index (χ1) is 28.2. The molecule has 0 aromatic heterocycles. The first-order valence-corrected chi connectivity index (χ1v) is 18.6. The second kappa shape index (κ2) is 21.5. The summed E-state index contributed by atoms with van der Waals surface area (Å²) in [5.41, 5.74) is 2.16. The van der Waals surface area contributed by atoms with Gasteiger partial charge in [-0.05, 0) is 55.0 Å². The molecular weight excluding hydrogens is 786 g/mol. The van der Waals surface area contributed by atoms with Crippen molar-refractivity contribution in [1.29, 1.82) is 0 Å². The van der Waals surface area contributed by atoms with E-state index in [1.165, 1.54) is 6.07 Å². The standard InChI is InChI=1S/C41H47N5O14/c1-21(2)37(40(56)43-27(18-34(50)51)32(48)20-60-41(57)36-23(4)7-6-8-24(36)5)45-39(55)28(15-25-11-9-22(3)10-12-25)44-38(54)29(19-35(52)53)42-33(49)17-26-13-14-31(47)30(16-26)46(58)59/h6-14,16,21,27-29,37,47H,15,17-20H2,1-5H3,(H,42,49)(H,43,56)(H,44,54)(H,45,55)(H,50,51)(H,52,53)/t27-,28-,29-,37-/m0/s1. The first-order valence-electron chi connectivity index (χ1n) is 18.6. The van der Waals surface area contributed by atoms with E-state index in [0.717, 1.165) is 17.7 Å². The fourth-order valence-electron chi connectivity index (χ4n) is 6.00. The number of hydrogen-bond acceptors (Lipinski definition) is 12. The molecule has 60 heavy (non-hydrogen) atoms. The number of carboxylic acids is 2. The van der Waals surface area contributed by atoms with Crippen LogP contribution in [0, 0.1) is 36.8 Å². The Morgan fingerprint density at radius 2 is 1.27 bits per heavy atom. The normalized spacial score (nSPS) is 12.8. The molecule has 3 aromatic rings. The van der Waals surface area contributed by atoms with Gasteiger partial charge in [-0.3, -0.25) is 43.7 Å². The number of aromatic hydroxyl groups is 1. The van der Waals surface area contributed by atoms with E-state index in [4.69, 9.17) is 4.74 Å². The number of hydrogen-bond donors (Lipinski definition) is 7. The fraction of sp³-hybridized carbons (Fsp3) is 0.366. The van der Waals surface area contributed by atoms with Crippen molar-refractivity contribution >= 4 is 53.0 Å². The Kier molecular flexibility index (Phi) is 16.9. The number of esters is 1. The Morgan fingerprint density at radius 3 is 1.83 bits per heavy atom. The van der Waals surface area contributed by atoms with E-state index in [0.29, 0.717) is 16.7 Å². The zero-order valence-corrected chi connectivity index (χ0v) is 33.5. The summed E-state index contributed by atoms with van der Waals surface area (Å²) in [4.78, 5) is 114. The van der Waals surface area contributed by atoms with Gasteiger partial charge >= 0.3 is 23.6 Å². The third-order valence-electron chi connectivity index (χ3n) is 9.19. The number of nitrogens with zero attached hydrogens (tertiary/aromatic N) is 1. The van der Waals surface area contributed by atoms with Gasteiger partial charge in [0.1, 0.15) is 24.2 Å². The van der Waals surface area contributed by atoms with E-state index in [2.05, 4.69) is 21.3 Å². The van der Waals surface area contributed by atoms with Crippen molar-refractivity contribution in [2.24, 2.45) is 5.92 Å². The second-order valence-corrected chi connectivity index (χ2v) is 14.4. The van der Waals surface area contributed by atoms with Gasteiger partial charge in [0.05, 0.1) is 29.7 Å². The van der Waals surface area contributed by atoms with Gasteiger partial charge in [0.25, 0.3) is 0 Å². The van der Waals surface area contributed by atoms with Crippen molar-refractivity contribution in [2.75, 3.05) is 6.61 Å². The average Bonchev–Trinajstić information content (AvgIpc) is 3.15. The lowest BCUT2D eigenvalue weighted by Gasteiger charge is -2.28. The van der Waals surface area contributed by atoms with Crippen LogP contribution in [0.1, 0.15) is 64.9 Å². The van der Waals surface area contributed by atoms with E-state index in [9.17, 15) is 63.8 Å². The summed E-state index contributed by atoms with van der Waals surface area (Å²) in [7, 11) is 0. The number of nitrogens with one attached hydrogen (secondary N) is 4. The fourth-order valence-corrected chi connectivity index (χ4v) is 6.00. The summed E-state index contributed by atoms with van der Waals surface area (Å²) >= 11 is 0. The summed E-state index contributed by atoms with van der Waals surface area (Å²) in [6.07, 6.45) is -2.58. The Balaban J connectivity index is 1.82. The summed E-state index contributed by atoms with van der Waals surface area (Å²) in [6, 6.07) is 8.64. The van der Waals surface area contributed by atoms with Crippen LogP contribution in [0.3, 0.4) is 0 Å². The van der Waals surface area contributed by atoms with E-state index in [1.54, 1.807) is 70.2 Å². The van der Waals surface area contributed by atoms with Crippen molar-refractivity contribution in [3.05, 3.63) is 104 Å². The molecule has 4 amide bonds. The lowest BCUT2D eigenvalue weighted by atomic mass is 9.99. The van der Waals surface area contributed by atoms with Gasteiger partial charge in [-0.25, -0.2) is 4.79 Å². The summed E-state index contributed by atoms with van der Waals surface area (Å²) in [5.74, 6) is -10.0. The minimum absolute atomic E-state index is 0.0618. The molecule has 0 aliphatic carbocycles. The number of ether oxygens (including phenoxy) is 1. The SMILES string of the molecule is Cc1ccc(C[C@H](NC(=O)[C@H](CC(=O)O)NC(=O)Cc2ccc(O)c([N+](=O)[O-])c2)C(=O)N[C@H](C(=O)N[C@@H](CC(=O)O)C(=O)COC(=O)c2c(C)cccc2C)C(C)C)cc1. The van der Waals surface area contributed by atoms with Crippen LogP contribution in [0.25, 0.3) is 0 Å². The summed E-state index contributed by atoms with van der Waals surface area (Å²) < 4.78 is 5.18. The predicted molar refractivity (Wildman–Crippen MR) is 212 cm³/mol. The molecule has 0 unspecified atom stereocenters. The van der Waals surface area contributed by atoms with Crippen LogP contribution in [-0.2, 0) is 51.1 Å². The van der Waals surface area contributed by atoms with Crippen LogP contribution >= 0.6 is 0 Å². The molecule has 0 bridgehead atoms. The Morgan fingerprint density at radius 1 is 0.717 bits per heavy atom. The van der Waals surface area contributed by atoms with Crippen LogP contribution in [-0.4, -0.2) is 98.3 Å². The number of carboxylic acid groups (broad SMARTS) is 2. The topological polar surface area (TPSA) is 298 Å². The zero-order valence-electron chi connectivity index (χ0n) is 33.5. The van der Waals surface area contributed by atoms with Gasteiger partial charge in [-0.2, -0.15) is 0 Å².